The summed E-state index contributed by atoms with van der Waals surface area (Å²) in [5.41, 5.74) is 2.81. The third-order valence-electron chi connectivity index (χ3n) is 5.42. The molecule has 2 bridgehead atoms. The van der Waals surface area contributed by atoms with Crippen molar-refractivity contribution in [1.82, 2.24) is 15.3 Å². The van der Waals surface area contributed by atoms with Gasteiger partial charge in [0.2, 0.25) is 17.7 Å². The molecule has 124 valence electrons. The van der Waals surface area contributed by atoms with Crippen LogP contribution in [0.5, 0.6) is 0 Å². The molecule has 0 unspecified atom stereocenters. The molecule has 4 atom stereocenters. The number of carbonyl (C=O) groups is 3. The van der Waals surface area contributed by atoms with Gasteiger partial charge in [0.15, 0.2) is 0 Å². The van der Waals surface area contributed by atoms with E-state index in [1.54, 1.807) is 0 Å². The quantitative estimate of drug-likeness (QED) is 0.561. The number of hydrazine groups is 1. The Balaban J connectivity index is 1.32. The zero-order chi connectivity index (χ0) is 16.0. The van der Waals surface area contributed by atoms with E-state index < -0.39 is 0 Å². The number of fused-ring (bicyclic) bond motifs is 5. The molecule has 1 N–H and O–H groups in total. The van der Waals surface area contributed by atoms with Gasteiger partial charge in [0.05, 0.1) is 25.0 Å². The molecule has 0 aromatic heterocycles. The minimum Gasteiger partial charge on any atom is -0.379 e. The average Bonchev–Trinajstić information content (AvgIpc) is 3.22. The van der Waals surface area contributed by atoms with E-state index in [4.69, 9.17) is 4.74 Å². The number of carbonyl (C=O) groups excluding carboxylic acids is 3. The normalized spacial score (nSPS) is 35.9. The van der Waals surface area contributed by atoms with Gasteiger partial charge in [0.25, 0.3) is 0 Å². The lowest BCUT2D eigenvalue weighted by Crippen LogP contribution is -2.49. The van der Waals surface area contributed by atoms with Crippen LogP contribution in [0.3, 0.4) is 0 Å². The molecular weight excluding hydrogens is 298 g/mol. The van der Waals surface area contributed by atoms with Crippen molar-refractivity contribution in [2.75, 3.05) is 32.8 Å². The van der Waals surface area contributed by atoms with Gasteiger partial charge in [-0.1, -0.05) is 12.2 Å². The van der Waals surface area contributed by atoms with Gasteiger partial charge in [0, 0.05) is 26.1 Å². The molecule has 4 aliphatic rings. The van der Waals surface area contributed by atoms with Crippen molar-refractivity contribution in [3.8, 4) is 0 Å². The summed E-state index contributed by atoms with van der Waals surface area (Å²) in [6.45, 7) is 2.70. The van der Waals surface area contributed by atoms with Crippen LogP contribution in [-0.4, -0.2) is 60.5 Å². The van der Waals surface area contributed by atoms with E-state index in [1.165, 1.54) is 4.90 Å². The molecule has 1 saturated carbocycles. The predicted octanol–water partition coefficient (Wildman–Crippen LogP) is -0.453. The molecule has 23 heavy (non-hydrogen) atoms. The monoisotopic (exact) mass is 319 g/mol. The third-order valence-corrected chi connectivity index (χ3v) is 5.42. The summed E-state index contributed by atoms with van der Waals surface area (Å²) < 4.78 is 5.22. The molecule has 2 saturated heterocycles. The summed E-state index contributed by atoms with van der Waals surface area (Å²) in [7, 11) is 0. The first-order valence-corrected chi connectivity index (χ1v) is 8.31. The van der Waals surface area contributed by atoms with Crippen molar-refractivity contribution in [2.45, 2.75) is 12.8 Å². The highest BCUT2D eigenvalue weighted by molar-refractivity contribution is 6.06. The van der Waals surface area contributed by atoms with Crippen LogP contribution < -0.4 is 5.43 Å². The van der Waals surface area contributed by atoms with Crippen molar-refractivity contribution in [1.29, 1.82) is 0 Å². The van der Waals surface area contributed by atoms with Gasteiger partial charge in [-0.05, 0) is 18.3 Å². The lowest BCUT2D eigenvalue weighted by Gasteiger charge is -2.27. The highest BCUT2D eigenvalue weighted by atomic mass is 16.5. The number of amides is 3. The second-order valence-corrected chi connectivity index (χ2v) is 6.71. The summed E-state index contributed by atoms with van der Waals surface area (Å²) in [6, 6.07) is 0. The number of imide groups is 1. The lowest BCUT2D eigenvalue weighted by molar-refractivity contribution is -0.141. The number of hydrogen-bond acceptors (Lipinski definition) is 5. The van der Waals surface area contributed by atoms with Crippen molar-refractivity contribution in [2.24, 2.45) is 23.7 Å². The first kappa shape index (κ1) is 14.8. The number of nitrogens with one attached hydrogen (secondary N) is 1. The van der Waals surface area contributed by atoms with Gasteiger partial charge in [-0.25, -0.2) is 5.01 Å². The van der Waals surface area contributed by atoms with E-state index in [9.17, 15) is 14.4 Å². The first-order chi connectivity index (χ1) is 11.1. The van der Waals surface area contributed by atoms with Crippen molar-refractivity contribution >= 4 is 17.7 Å². The number of allylic oxidation sites excluding steroid dienone is 2. The average molecular weight is 319 g/mol. The van der Waals surface area contributed by atoms with Crippen molar-refractivity contribution in [3.05, 3.63) is 12.2 Å². The Bertz CT molecular complexity index is 540. The third kappa shape index (κ3) is 2.48. The second kappa shape index (κ2) is 5.72. The molecule has 3 fully saturated rings. The number of likely N-dealkylation sites (tertiary alicyclic amines) is 1. The minimum absolute atomic E-state index is 0.0870. The summed E-state index contributed by atoms with van der Waals surface area (Å²) >= 11 is 0. The van der Waals surface area contributed by atoms with Gasteiger partial charge in [-0.2, -0.15) is 0 Å². The fraction of sp³-hybridized carbons (Fsp3) is 0.688. The van der Waals surface area contributed by atoms with Crippen LogP contribution in [-0.2, 0) is 19.1 Å². The zero-order valence-electron chi connectivity index (χ0n) is 12.9. The van der Waals surface area contributed by atoms with E-state index >= 15 is 0 Å². The summed E-state index contributed by atoms with van der Waals surface area (Å²) in [5, 5.41) is 1.82. The lowest BCUT2D eigenvalue weighted by atomic mass is 9.85. The summed E-state index contributed by atoms with van der Waals surface area (Å²) in [5.74, 6) is -0.264. The Morgan fingerprint density at radius 1 is 1.13 bits per heavy atom. The van der Waals surface area contributed by atoms with Crippen LogP contribution in [0.4, 0.5) is 0 Å². The van der Waals surface area contributed by atoms with Gasteiger partial charge < -0.3 is 4.74 Å². The van der Waals surface area contributed by atoms with E-state index in [2.05, 4.69) is 17.6 Å². The molecule has 0 radical (unpaired) electrons. The molecule has 2 aliphatic heterocycles. The van der Waals surface area contributed by atoms with Gasteiger partial charge >= 0.3 is 0 Å². The Morgan fingerprint density at radius 3 is 2.35 bits per heavy atom. The predicted molar refractivity (Wildman–Crippen MR) is 79.6 cm³/mol. The summed E-state index contributed by atoms with van der Waals surface area (Å²) in [4.78, 5) is 38.3. The van der Waals surface area contributed by atoms with E-state index in [0.29, 0.717) is 26.3 Å². The van der Waals surface area contributed by atoms with Crippen LogP contribution in [0.15, 0.2) is 12.2 Å². The molecule has 3 amide bonds. The molecule has 7 heteroatoms. The fourth-order valence-electron chi connectivity index (χ4n) is 4.31. The fourth-order valence-corrected chi connectivity index (χ4v) is 4.31. The number of rotatable bonds is 4. The molecule has 2 aliphatic carbocycles. The standard InChI is InChI=1S/C16H21N3O4/c20-12(17-18-5-7-23-8-6-18)3-4-19-15(21)13-10-1-2-11(9-10)14(13)16(19)22/h1-2,10-11,13-14H,3-9H2,(H,17,20)/t10-,11-,13+,14+/m0/s1. The van der Waals surface area contributed by atoms with Crippen LogP contribution in [0.25, 0.3) is 0 Å². The van der Waals surface area contributed by atoms with Gasteiger partial charge in [-0.15, -0.1) is 0 Å². The van der Waals surface area contributed by atoms with Crippen LogP contribution in [0, 0.1) is 23.7 Å². The number of morpholine rings is 1. The van der Waals surface area contributed by atoms with Gasteiger partial charge in [0.1, 0.15) is 0 Å². The molecule has 0 aromatic rings. The van der Waals surface area contributed by atoms with Gasteiger partial charge in [-0.3, -0.25) is 24.7 Å². The molecule has 2 heterocycles. The smallest absolute Gasteiger partial charge is 0.236 e. The maximum Gasteiger partial charge on any atom is 0.236 e. The SMILES string of the molecule is O=C(CCN1C(=O)[C@H]2[C@H](C1=O)[C@H]1C=C[C@H]2C1)NN1CCOCC1. The van der Waals surface area contributed by atoms with E-state index in [0.717, 1.165) is 6.42 Å². The van der Waals surface area contributed by atoms with Crippen LogP contribution >= 0.6 is 0 Å². The minimum atomic E-state index is -0.181. The Hall–Kier alpha value is -1.73. The first-order valence-electron chi connectivity index (χ1n) is 8.31. The molecule has 4 rings (SSSR count). The van der Waals surface area contributed by atoms with E-state index in [1.807, 2.05) is 5.01 Å². The van der Waals surface area contributed by atoms with Crippen molar-refractivity contribution in [3.63, 3.8) is 0 Å². The molecule has 7 nitrogen and oxygen atoms in total. The maximum atomic E-state index is 12.5. The highest BCUT2D eigenvalue weighted by Crippen LogP contribution is 2.52. The van der Waals surface area contributed by atoms with Crippen LogP contribution in [0.1, 0.15) is 12.8 Å². The Labute approximate surface area is 134 Å². The molecule has 0 aromatic carbocycles. The Kier molecular flexibility index (Phi) is 3.69. The van der Waals surface area contributed by atoms with Crippen LogP contribution in [0.2, 0.25) is 0 Å². The topological polar surface area (TPSA) is 79.0 Å². The molecular formula is C16H21N3O4. The Morgan fingerprint density at radius 2 is 1.74 bits per heavy atom. The number of hydrogen-bond donors (Lipinski definition) is 1. The zero-order valence-corrected chi connectivity index (χ0v) is 12.9. The van der Waals surface area contributed by atoms with Crippen molar-refractivity contribution < 1.29 is 19.1 Å². The highest BCUT2D eigenvalue weighted by Gasteiger charge is 2.58. The van der Waals surface area contributed by atoms with E-state index in [-0.39, 0.29) is 54.4 Å². The summed E-state index contributed by atoms with van der Waals surface area (Å²) in [6.07, 6.45) is 5.23. The number of nitrogens with zero attached hydrogens (tertiary/aromatic N) is 2. The largest absolute Gasteiger partial charge is 0.379 e. The maximum absolute atomic E-state index is 12.5. The molecule has 0 spiro atoms. The number of ether oxygens (including phenoxy) is 1. The second-order valence-electron chi connectivity index (χ2n) is 6.71.